The first kappa shape index (κ1) is 13.8. The van der Waals surface area contributed by atoms with E-state index in [0.29, 0.717) is 31.1 Å². The smallest absolute Gasteiger partial charge is 0.287 e. The first-order valence-electron chi connectivity index (χ1n) is 5.48. The number of methoxy groups -OCH3 is 1. The van der Waals surface area contributed by atoms with Crippen molar-refractivity contribution in [1.82, 2.24) is 4.98 Å². The lowest BCUT2D eigenvalue weighted by Gasteiger charge is -2.13. The molecule has 0 aliphatic carbocycles. The quantitative estimate of drug-likeness (QED) is 0.722. The number of halogens is 2. The van der Waals surface area contributed by atoms with Crippen LogP contribution in [0.3, 0.4) is 0 Å². The molecule has 5 heteroatoms. The molecule has 1 aromatic heterocycles. The van der Waals surface area contributed by atoms with Crippen molar-refractivity contribution < 1.29 is 18.3 Å². The number of aromatic nitrogens is 1. The zero-order valence-corrected chi connectivity index (χ0v) is 10.3. The molecule has 0 bridgehead atoms. The van der Waals surface area contributed by atoms with E-state index in [2.05, 4.69) is 4.98 Å². The number of aryl methyl sites for hydroxylation is 1. The summed E-state index contributed by atoms with van der Waals surface area (Å²) in [4.78, 5) is 3.89. The molecule has 0 unspecified atom stereocenters. The van der Waals surface area contributed by atoms with Gasteiger partial charge in [-0.2, -0.15) is 8.78 Å². The number of pyridine rings is 1. The Morgan fingerprint density at radius 3 is 2.53 bits per heavy atom. The van der Waals surface area contributed by atoms with Gasteiger partial charge in [-0.3, -0.25) is 4.98 Å². The van der Waals surface area contributed by atoms with Gasteiger partial charge in [-0.25, -0.2) is 0 Å². The summed E-state index contributed by atoms with van der Waals surface area (Å²) in [6.45, 7) is 3.44. The molecular formula is C12H17F2NO2. The average molecular weight is 245 g/mol. The molecule has 0 spiro atoms. The summed E-state index contributed by atoms with van der Waals surface area (Å²) >= 11 is 0. The highest BCUT2D eigenvalue weighted by Crippen LogP contribution is 2.28. The fraction of sp³-hybridized carbons (Fsp3) is 0.583. The van der Waals surface area contributed by atoms with Gasteiger partial charge in [0.1, 0.15) is 18.1 Å². The molecule has 1 heterocycles. The van der Waals surface area contributed by atoms with Crippen molar-refractivity contribution in [2.75, 3.05) is 20.3 Å². The summed E-state index contributed by atoms with van der Waals surface area (Å²) in [5, 5.41) is 0. The molecule has 0 atom stereocenters. The number of rotatable bonds is 6. The normalized spacial score (nSPS) is 11.6. The predicted octanol–water partition coefficient (Wildman–Crippen LogP) is 2.78. The minimum atomic E-state index is -2.95. The topological polar surface area (TPSA) is 31.4 Å². The van der Waals surface area contributed by atoms with E-state index >= 15 is 0 Å². The molecule has 0 amide bonds. The zero-order valence-electron chi connectivity index (χ0n) is 10.3. The van der Waals surface area contributed by atoms with E-state index in [0.717, 1.165) is 6.92 Å². The number of alkyl halides is 2. The van der Waals surface area contributed by atoms with Gasteiger partial charge < -0.3 is 9.47 Å². The predicted molar refractivity (Wildman–Crippen MR) is 60.6 cm³/mol. The lowest BCUT2D eigenvalue weighted by molar-refractivity contribution is 0.0122. The number of ether oxygens (including phenoxy) is 2. The van der Waals surface area contributed by atoms with E-state index in [1.54, 1.807) is 13.2 Å². The molecule has 17 heavy (non-hydrogen) atoms. The van der Waals surface area contributed by atoms with Gasteiger partial charge >= 0.3 is 0 Å². The second-order valence-electron chi connectivity index (χ2n) is 3.76. The second kappa shape index (κ2) is 5.91. The Morgan fingerprint density at radius 1 is 1.29 bits per heavy atom. The van der Waals surface area contributed by atoms with Crippen LogP contribution in [-0.4, -0.2) is 25.3 Å². The molecule has 0 N–H and O–H groups in total. The van der Waals surface area contributed by atoms with Gasteiger partial charge in [-0.05, 0) is 6.42 Å². The lowest BCUT2D eigenvalue weighted by atomic mass is 10.2. The van der Waals surface area contributed by atoms with Gasteiger partial charge in [0.25, 0.3) is 5.92 Å². The van der Waals surface area contributed by atoms with Crippen LogP contribution in [-0.2, 0) is 17.1 Å². The fourth-order valence-electron chi connectivity index (χ4n) is 1.29. The van der Waals surface area contributed by atoms with E-state index in [-0.39, 0.29) is 5.69 Å². The summed E-state index contributed by atoms with van der Waals surface area (Å²) in [6.07, 6.45) is 0.588. The molecule has 0 aliphatic rings. The largest absolute Gasteiger partial charge is 0.491 e. The maximum absolute atomic E-state index is 13.2. The summed E-state index contributed by atoms with van der Waals surface area (Å²) in [5.41, 5.74) is 0.334. The Hall–Kier alpha value is -1.23. The van der Waals surface area contributed by atoms with E-state index in [1.807, 2.05) is 6.92 Å². The van der Waals surface area contributed by atoms with Crippen molar-refractivity contribution in [2.45, 2.75) is 26.2 Å². The van der Waals surface area contributed by atoms with E-state index in [9.17, 15) is 8.78 Å². The monoisotopic (exact) mass is 245 g/mol. The molecule has 96 valence electrons. The number of hydrogen-bond acceptors (Lipinski definition) is 3. The first-order valence-corrected chi connectivity index (χ1v) is 5.48. The maximum Gasteiger partial charge on any atom is 0.287 e. The molecule has 0 fully saturated rings. The van der Waals surface area contributed by atoms with Crippen LogP contribution in [0.15, 0.2) is 12.1 Å². The van der Waals surface area contributed by atoms with Crippen LogP contribution in [0.1, 0.15) is 25.2 Å². The van der Waals surface area contributed by atoms with E-state index < -0.39 is 5.92 Å². The van der Waals surface area contributed by atoms with Gasteiger partial charge in [0, 0.05) is 31.9 Å². The summed E-state index contributed by atoms with van der Waals surface area (Å²) in [6, 6.07) is 2.94. The number of hydrogen-bond donors (Lipinski definition) is 0. The summed E-state index contributed by atoms with van der Waals surface area (Å²) < 4.78 is 36.5. The van der Waals surface area contributed by atoms with Gasteiger partial charge in [-0.15, -0.1) is 0 Å². The van der Waals surface area contributed by atoms with E-state index in [4.69, 9.17) is 9.47 Å². The van der Waals surface area contributed by atoms with Gasteiger partial charge in [0.2, 0.25) is 0 Å². The van der Waals surface area contributed by atoms with Gasteiger partial charge in [-0.1, -0.05) is 6.92 Å². The Bertz CT molecular complexity index is 364. The average Bonchev–Trinajstić information content (AvgIpc) is 2.28. The molecular weight excluding hydrogens is 228 g/mol. The third-order valence-corrected chi connectivity index (χ3v) is 2.22. The van der Waals surface area contributed by atoms with Crippen molar-refractivity contribution in [1.29, 1.82) is 0 Å². The fourth-order valence-corrected chi connectivity index (χ4v) is 1.29. The standard InChI is InChI=1S/C12H17F2NO2/c1-4-9-7-10(17-6-5-16-3)8-11(15-9)12(2,13)14/h7-8H,4-6H2,1-3H3. The summed E-state index contributed by atoms with van der Waals surface area (Å²) in [5.74, 6) is -2.55. The Labute approximate surface area is 99.8 Å². The number of nitrogens with zero attached hydrogens (tertiary/aromatic N) is 1. The molecule has 0 saturated carbocycles. The van der Waals surface area contributed by atoms with Crippen LogP contribution in [0.5, 0.6) is 5.75 Å². The third-order valence-electron chi connectivity index (χ3n) is 2.22. The van der Waals surface area contributed by atoms with Gasteiger partial charge in [0.05, 0.1) is 6.61 Å². The first-order chi connectivity index (χ1) is 7.97. The Balaban J connectivity index is 2.89. The molecule has 1 aromatic rings. The van der Waals surface area contributed by atoms with Crippen LogP contribution in [0, 0.1) is 0 Å². The lowest BCUT2D eigenvalue weighted by Crippen LogP contribution is -2.12. The molecule has 3 nitrogen and oxygen atoms in total. The van der Waals surface area contributed by atoms with Crippen molar-refractivity contribution in [2.24, 2.45) is 0 Å². The van der Waals surface area contributed by atoms with Crippen molar-refractivity contribution in [3.05, 3.63) is 23.5 Å². The maximum atomic E-state index is 13.2. The molecule has 0 aliphatic heterocycles. The van der Waals surface area contributed by atoms with Crippen molar-refractivity contribution in [3.8, 4) is 5.75 Å². The second-order valence-corrected chi connectivity index (χ2v) is 3.76. The minimum absolute atomic E-state index is 0.260. The van der Waals surface area contributed by atoms with Crippen LogP contribution in [0.25, 0.3) is 0 Å². The molecule has 0 radical (unpaired) electrons. The van der Waals surface area contributed by atoms with Gasteiger partial charge in [0.15, 0.2) is 0 Å². The highest BCUT2D eigenvalue weighted by atomic mass is 19.3. The van der Waals surface area contributed by atoms with Crippen molar-refractivity contribution >= 4 is 0 Å². The minimum Gasteiger partial charge on any atom is -0.491 e. The van der Waals surface area contributed by atoms with Crippen molar-refractivity contribution in [3.63, 3.8) is 0 Å². The van der Waals surface area contributed by atoms with Crippen LogP contribution < -0.4 is 4.74 Å². The highest BCUT2D eigenvalue weighted by Gasteiger charge is 2.27. The summed E-state index contributed by atoms with van der Waals surface area (Å²) in [7, 11) is 1.55. The molecule has 0 aromatic carbocycles. The van der Waals surface area contributed by atoms with Crippen LogP contribution in [0.4, 0.5) is 8.78 Å². The third kappa shape index (κ3) is 4.26. The Morgan fingerprint density at radius 2 is 2.00 bits per heavy atom. The van der Waals surface area contributed by atoms with E-state index in [1.165, 1.54) is 6.07 Å². The Kier molecular flexibility index (Phi) is 4.81. The molecule has 1 rings (SSSR count). The highest BCUT2D eigenvalue weighted by molar-refractivity contribution is 5.29. The van der Waals surface area contributed by atoms with Crippen LogP contribution in [0.2, 0.25) is 0 Å². The zero-order chi connectivity index (χ0) is 12.9. The van der Waals surface area contributed by atoms with Crippen LogP contribution >= 0.6 is 0 Å². The molecule has 0 saturated heterocycles. The SMILES string of the molecule is CCc1cc(OCCOC)cc(C(C)(F)F)n1.